The van der Waals surface area contributed by atoms with Crippen LogP contribution in [0.3, 0.4) is 0 Å². The zero-order valence-electron chi connectivity index (χ0n) is 10.9. The Morgan fingerprint density at radius 2 is 1.83 bits per heavy atom. The van der Waals surface area contributed by atoms with Crippen molar-refractivity contribution >= 4 is 11.3 Å². The van der Waals surface area contributed by atoms with E-state index in [1.165, 1.54) is 17.0 Å². The average molecular weight is 263 g/mol. The number of likely N-dealkylation sites (N-methyl/N-ethyl adjacent to an activating group) is 1. The van der Waals surface area contributed by atoms with Gasteiger partial charge >= 0.3 is 0 Å². The van der Waals surface area contributed by atoms with Crippen molar-refractivity contribution < 1.29 is 4.39 Å². The third-order valence-corrected chi connectivity index (χ3v) is 4.36. The minimum atomic E-state index is -0.188. The SMILES string of the molecule is CNC(c1cccs1)C(C)(C)c1ccc(F)cc1. The third kappa shape index (κ3) is 2.47. The van der Waals surface area contributed by atoms with E-state index in [0.29, 0.717) is 0 Å². The second-order valence-corrected chi connectivity index (χ2v) is 5.94. The molecule has 3 heteroatoms. The van der Waals surface area contributed by atoms with Crippen molar-refractivity contribution in [2.24, 2.45) is 0 Å². The van der Waals surface area contributed by atoms with Crippen LogP contribution in [0.25, 0.3) is 0 Å². The first kappa shape index (κ1) is 13.2. The second kappa shape index (κ2) is 5.21. The van der Waals surface area contributed by atoms with E-state index < -0.39 is 0 Å². The minimum absolute atomic E-state index is 0.0900. The van der Waals surface area contributed by atoms with Crippen LogP contribution < -0.4 is 5.32 Å². The number of rotatable bonds is 4. The molecule has 0 saturated heterocycles. The molecule has 0 bridgehead atoms. The van der Waals surface area contributed by atoms with Crippen LogP contribution in [0.1, 0.15) is 30.3 Å². The molecule has 1 aromatic heterocycles. The van der Waals surface area contributed by atoms with Crippen LogP contribution in [-0.2, 0) is 5.41 Å². The highest BCUT2D eigenvalue weighted by atomic mass is 32.1. The molecular weight excluding hydrogens is 245 g/mol. The topological polar surface area (TPSA) is 12.0 Å². The Balaban J connectivity index is 2.36. The molecule has 1 atom stereocenters. The maximum atomic E-state index is 13.0. The van der Waals surface area contributed by atoms with Gasteiger partial charge in [0.05, 0.1) is 6.04 Å². The van der Waals surface area contributed by atoms with E-state index >= 15 is 0 Å². The van der Waals surface area contributed by atoms with Gasteiger partial charge in [0.1, 0.15) is 5.82 Å². The molecule has 2 rings (SSSR count). The predicted octanol–water partition coefficient (Wildman–Crippen LogP) is 4.13. The number of benzene rings is 1. The van der Waals surface area contributed by atoms with Gasteiger partial charge in [-0.25, -0.2) is 4.39 Å². The van der Waals surface area contributed by atoms with Gasteiger partial charge < -0.3 is 5.32 Å². The Morgan fingerprint density at radius 1 is 1.17 bits per heavy atom. The van der Waals surface area contributed by atoms with E-state index in [-0.39, 0.29) is 17.3 Å². The molecule has 0 spiro atoms. The molecule has 0 fully saturated rings. The summed E-state index contributed by atoms with van der Waals surface area (Å²) < 4.78 is 13.0. The highest BCUT2D eigenvalue weighted by Gasteiger charge is 2.32. The van der Waals surface area contributed by atoms with Gasteiger partial charge in [0.2, 0.25) is 0 Å². The van der Waals surface area contributed by atoms with E-state index in [4.69, 9.17) is 0 Å². The summed E-state index contributed by atoms with van der Waals surface area (Å²) >= 11 is 1.74. The van der Waals surface area contributed by atoms with E-state index in [1.54, 1.807) is 11.3 Å². The molecule has 1 aromatic carbocycles. The van der Waals surface area contributed by atoms with Crippen LogP contribution in [0.15, 0.2) is 41.8 Å². The van der Waals surface area contributed by atoms with Crippen molar-refractivity contribution in [1.82, 2.24) is 5.32 Å². The number of hydrogen-bond acceptors (Lipinski definition) is 2. The molecule has 0 aliphatic rings. The van der Waals surface area contributed by atoms with Crippen LogP contribution in [0.5, 0.6) is 0 Å². The maximum Gasteiger partial charge on any atom is 0.123 e. The first-order chi connectivity index (χ1) is 8.55. The van der Waals surface area contributed by atoms with Crippen molar-refractivity contribution in [3.8, 4) is 0 Å². The van der Waals surface area contributed by atoms with Gasteiger partial charge in [0.15, 0.2) is 0 Å². The lowest BCUT2D eigenvalue weighted by molar-refractivity contribution is 0.373. The fourth-order valence-corrected chi connectivity index (χ4v) is 3.38. The first-order valence-corrected chi connectivity index (χ1v) is 6.90. The molecule has 2 aromatic rings. The molecule has 0 aliphatic heterocycles. The Bertz CT molecular complexity index is 488. The number of hydrogen-bond donors (Lipinski definition) is 1. The first-order valence-electron chi connectivity index (χ1n) is 6.02. The summed E-state index contributed by atoms with van der Waals surface area (Å²) in [5.41, 5.74) is 1.05. The van der Waals surface area contributed by atoms with Crippen molar-refractivity contribution in [3.05, 3.63) is 58.0 Å². The lowest BCUT2D eigenvalue weighted by Gasteiger charge is -2.34. The van der Waals surface area contributed by atoms with E-state index in [0.717, 1.165) is 5.56 Å². The quantitative estimate of drug-likeness (QED) is 0.874. The Labute approximate surface area is 112 Å². The summed E-state index contributed by atoms with van der Waals surface area (Å²) in [6.45, 7) is 4.36. The standard InChI is InChI=1S/C15H18FNS/c1-15(2,11-6-8-12(16)9-7-11)14(17-3)13-5-4-10-18-13/h4-10,14,17H,1-3H3. The van der Waals surface area contributed by atoms with Crippen LogP contribution >= 0.6 is 11.3 Å². The van der Waals surface area contributed by atoms with Gasteiger partial charge in [0.25, 0.3) is 0 Å². The highest BCUT2D eigenvalue weighted by molar-refractivity contribution is 7.10. The molecule has 1 N–H and O–H groups in total. The Kier molecular flexibility index (Phi) is 3.83. The van der Waals surface area contributed by atoms with E-state index in [1.807, 2.05) is 19.2 Å². The molecule has 0 aliphatic carbocycles. The molecule has 1 unspecified atom stereocenters. The van der Waals surface area contributed by atoms with Gasteiger partial charge in [-0.3, -0.25) is 0 Å². The maximum absolute atomic E-state index is 13.0. The van der Waals surface area contributed by atoms with E-state index in [2.05, 4.69) is 36.7 Å². The second-order valence-electron chi connectivity index (χ2n) is 4.97. The van der Waals surface area contributed by atoms with Gasteiger partial charge in [-0.15, -0.1) is 11.3 Å². The lowest BCUT2D eigenvalue weighted by atomic mass is 9.77. The summed E-state index contributed by atoms with van der Waals surface area (Å²) in [5.74, 6) is -0.188. The normalized spacial score (nSPS) is 13.6. The zero-order chi connectivity index (χ0) is 13.2. The van der Waals surface area contributed by atoms with Gasteiger partial charge in [-0.05, 0) is 36.2 Å². The summed E-state index contributed by atoms with van der Waals surface area (Å²) in [7, 11) is 1.97. The monoisotopic (exact) mass is 263 g/mol. The van der Waals surface area contributed by atoms with Crippen LogP contribution in [0.4, 0.5) is 4.39 Å². The molecule has 18 heavy (non-hydrogen) atoms. The summed E-state index contributed by atoms with van der Waals surface area (Å²) in [6, 6.07) is 11.2. The number of nitrogens with one attached hydrogen (secondary N) is 1. The Morgan fingerprint density at radius 3 is 2.33 bits per heavy atom. The van der Waals surface area contributed by atoms with Gasteiger partial charge in [-0.2, -0.15) is 0 Å². The summed E-state index contributed by atoms with van der Waals surface area (Å²) in [4.78, 5) is 1.30. The molecule has 1 nitrogen and oxygen atoms in total. The van der Waals surface area contributed by atoms with Gasteiger partial charge in [-0.1, -0.05) is 32.0 Å². The average Bonchev–Trinajstić information content (AvgIpc) is 2.84. The fourth-order valence-electron chi connectivity index (χ4n) is 2.36. The minimum Gasteiger partial charge on any atom is -0.312 e. The largest absolute Gasteiger partial charge is 0.312 e. The molecule has 1 heterocycles. The zero-order valence-corrected chi connectivity index (χ0v) is 11.7. The molecule has 0 saturated carbocycles. The number of halogens is 1. The van der Waals surface area contributed by atoms with Crippen LogP contribution in [0, 0.1) is 5.82 Å². The fraction of sp³-hybridized carbons (Fsp3) is 0.333. The van der Waals surface area contributed by atoms with Crippen LogP contribution in [-0.4, -0.2) is 7.05 Å². The summed E-state index contributed by atoms with van der Waals surface area (Å²) in [6.07, 6.45) is 0. The summed E-state index contributed by atoms with van der Waals surface area (Å²) in [5, 5.41) is 5.46. The smallest absolute Gasteiger partial charge is 0.123 e. The lowest BCUT2D eigenvalue weighted by Crippen LogP contribution is -2.35. The van der Waals surface area contributed by atoms with Crippen molar-refractivity contribution in [3.63, 3.8) is 0 Å². The Hall–Kier alpha value is -1.19. The van der Waals surface area contributed by atoms with Crippen LogP contribution in [0.2, 0.25) is 0 Å². The number of thiophene rings is 1. The third-order valence-electron chi connectivity index (χ3n) is 3.43. The van der Waals surface area contributed by atoms with Crippen molar-refractivity contribution in [2.45, 2.75) is 25.3 Å². The molecular formula is C15H18FNS. The molecule has 0 radical (unpaired) electrons. The van der Waals surface area contributed by atoms with E-state index in [9.17, 15) is 4.39 Å². The van der Waals surface area contributed by atoms with Crippen molar-refractivity contribution in [1.29, 1.82) is 0 Å². The molecule has 96 valence electrons. The van der Waals surface area contributed by atoms with Crippen molar-refractivity contribution in [2.75, 3.05) is 7.05 Å². The molecule has 0 amide bonds. The predicted molar refractivity (Wildman–Crippen MR) is 75.5 cm³/mol. The van der Waals surface area contributed by atoms with Gasteiger partial charge in [0, 0.05) is 10.3 Å². The highest BCUT2D eigenvalue weighted by Crippen LogP contribution is 2.38.